The number of rotatable bonds is 5. The molecule has 5 heteroatoms. The molecule has 0 aliphatic carbocycles. The lowest BCUT2D eigenvalue weighted by Crippen LogP contribution is -2.05. The Balaban J connectivity index is 2.41. The zero-order valence-electron chi connectivity index (χ0n) is 11.8. The first kappa shape index (κ1) is 15.8. The lowest BCUT2D eigenvalue weighted by atomic mass is 10.00. The summed E-state index contributed by atoms with van der Waals surface area (Å²) in [5.41, 5.74) is 0.671. The van der Waals surface area contributed by atoms with Crippen LogP contribution in [0.2, 0.25) is 0 Å². The smallest absolute Gasteiger partial charge is 0.133 e. The quantitative estimate of drug-likeness (QED) is 0.879. The predicted molar refractivity (Wildman–Crippen MR) is 82.3 cm³/mol. The minimum absolute atomic E-state index is 0.121. The van der Waals surface area contributed by atoms with Crippen LogP contribution in [0, 0.1) is 5.82 Å². The van der Waals surface area contributed by atoms with Crippen LogP contribution in [0.5, 0.6) is 11.5 Å². The third-order valence-corrected chi connectivity index (χ3v) is 3.70. The second kappa shape index (κ2) is 6.91. The van der Waals surface area contributed by atoms with Gasteiger partial charge in [0, 0.05) is 0 Å². The molecule has 2 rings (SSSR count). The number of halogens is 2. The van der Waals surface area contributed by atoms with Gasteiger partial charge in [-0.2, -0.15) is 0 Å². The van der Waals surface area contributed by atoms with Gasteiger partial charge < -0.3 is 14.6 Å². The van der Waals surface area contributed by atoms with E-state index in [1.807, 2.05) is 6.92 Å². The van der Waals surface area contributed by atoms with Crippen molar-refractivity contribution in [1.82, 2.24) is 0 Å². The third-order valence-electron chi connectivity index (χ3n) is 3.08. The molecule has 0 aliphatic rings. The van der Waals surface area contributed by atoms with E-state index in [4.69, 9.17) is 9.47 Å². The summed E-state index contributed by atoms with van der Waals surface area (Å²) < 4.78 is 25.2. The fourth-order valence-electron chi connectivity index (χ4n) is 2.09. The summed E-state index contributed by atoms with van der Waals surface area (Å²) in [6, 6.07) is 9.60. The van der Waals surface area contributed by atoms with Gasteiger partial charge in [0.25, 0.3) is 0 Å². The van der Waals surface area contributed by atoms with Gasteiger partial charge in [-0.25, -0.2) is 4.39 Å². The summed E-state index contributed by atoms with van der Waals surface area (Å²) in [6.45, 7) is 2.43. The van der Waals surface area contributed by atoms with Gasteiger partial charge >= 0.3 is 0 Å². The molecule has 21 heavy (non-hydrogen) atoms. The maximum absolute atomic E-state index is 14.0. The van der Waals surface area contributed by atoms with E-state index < -0.39 is 11.9 Å². The molecule has 2 aromatic carbocycles. The first-order valence-corrected chi connectivity index (χ1v) is 7.30. The Hall–Kier alpha value is -1.59. The van der Waals surface area contributed by atoms with Crippen molar-refractivity contribution in [3.63, 3.8) is 0 Å². The number of ether oxygens (including phenoxy) is 2. The van der Waals surface area contributed by atoms with E-state index in [-0.39, 0.29) is 5.56 Å². The molecule has 0 bridgehead atoms. The molecule has 0 spiro atoms. The average Bonchev–Trinajstić information content (AvgIpc) is 2.48. The Morgan fingerprint density at radius 3 is 2.62 bits per heavy atom. The largest absolute Gasteiger partial charge is 0.496 e. The standard InChI is InChI=1S/C16H16BrFO3/c1-3-21-13-8-7-10(9-11(13)17)16(19)15-12(18)5-4-6-14(15)20-2/h4-9,16,19H,3H2,1-2H3. The summed E-state index contributed by atoms with van der Waals surface area (Å²) in [5.74, 6) is 0.480. The number of hydrogen-bond donors (Lipinski definition) is 1. The van der Waals surface area contributed by atoms with Gasteiger partial charge in [0.05, 0.1) is 23.8 Å². The Bertz CT molecular complexity index is 631. The van der Waals surface area contributed by atoms with Gasteiger partial charge in [-0.3, -0.25) is 0 Å². The summed E-state index contributed by atoms with van der Waals surface area (Å²) in [4.78, 5) is 0. The number of hydrogen-bond acceptors (Lipinski definition) is 3. The van der Waals surface area contributed by atoms with Crippen LogP contribution in [0.3, 0.4) is 0 Å². The van der Waals surface area contributed by atoms with Gasteiger partial charge in [0.1, 0.15) is 23.4 Å². The molecule has 0 amide bonds. The highest BCUT2D eigenvalue weighted by molar-refractivity contribution is 9.10. The summed E-state index contributed by atoms with van der Waals surface area (Å²) in [6.07, 6.45) is -1.12. The molecule has 112 valence electrons. The van der Waals surface area contributed by atoms with E-state index in [1.165, 1.54) is 13.2 Å². The molecule has 0 saturated carbocycles. The lowest BCUT2D eigenvalue weighted by Gasteiger charge is -2.17. The molecule has 2 aromatic rings. The third kappa shape index (κ3) is 3.36. The molecule has 0 fully saturated rings. The number of methoxy groups -OCH3 is 1. The van der Waals surface area contributed by atoms with Crippen LogP contribution in [0.15, 0.2) is 40.9 Å². The van der Waals surface area contributed by atoms with Crippen molar-refractivity contribution in [2.24, 2.45) is 0 Å². The van der Waals surface area contributed by atoms with Crippen LogP contribution in [-0.4, -0.2) is 18.8 Å². The molecule has 0 radical (unpaired) electrons. The van der Waals surface area contributed by atoms with Crippen molar-refractivity contribution in [1.29, 1.82) is 0 Å². The molecule has 0 heterocycles. The second-order valence-electron chi connectivity index (χ2n) is 4.38. The maximum atomic E-state index is 14.0. The van der Waals surface area contributed by atoms with Crippen molar-refractivity contribution >= 4 is 15.9 Å². The van der Waals surface area contributed by atoms with E-state index in [1.54, 1.807) is 30.3 Å². The molecule has 0 saturated heterocycles. The second-order valence-corrected chi connectivity index (χ2v) is 5.24. The molecular weight excluding hydrogens is 339 g/mol. The van der Waals surface area contributed by atoms with Crippen molar-refractivity contribution in [3.8, 4) is 11.5 Å². The molecule has 0 aliphatic heterocycles. The fraction of sp³-hybridized carbons (Fsp3) is 0.250. The molecular formula is C16H16BrFO3. The zero-order valence-corrected chi connectivity index (χ0v) is 13.4. The molecule has 1 N–H and O–H groups in total. The van der Waals surface area contributed by atoms with Gasteiger partial charge in [-0.05, 0) is 52.7 Å². The number of aliphatic hydroxyl groups excluding tert-OH is 1. The Labute approximate surface area is 131 Å². The van der Waals surface area contributed by atoms with Crippen LogP contribution in [0.4, 0.5) is 4.39 Å². The molecule has 1 atom stereocenters. The predicted octanol–water partition coefficient (Wildman–Crippen LogP) is 4.08. The van der Waals surface area contributed by atoms with Crippen molar-refractivity contribution in [3.05, 3.63) is 57.8 Å². The molecule has 0 aromatic heterocycles. The zero-order chi connectivity index (χ0) is 15.4. The van der Waals surface area contributed by atoms with Crippen LogP contribution >= 0.6 is 15.9 Å². The van der Waals surface area contributed by atoms with E-state index in [0.29, 0.717) is 28.1 Å². The Kier molecular flexibility index (Phi) is 5.20. The van der Waals surface area contributed by atoms with Crippen LogP contribution in [0.25, 0.3) is 0 Å². The van der Waals surface area contributed by atoms with Gasteiger partial charge in [0.15, 0.2) is 0 Å². The Morgan fingerprint density at radius 1 is 1.24 bits per heavy atom. The lowest BCUT2D eigenvalue weighted by molar-refractivity contribution is 0.208. The summed E-state index contributed by atoms with van der Waals surface area (Å²) in [7, 11) is 1.44. The monoisotopic (exact) mass is 354 g/mol. The topological polar surface area (TPSA) is 38.7 Å². The normalized spacial score (nSPS) is 12.0. The van der Waals surface area contributed by atoms with Crippen LogP contribution < -0.4 is 9.47 Å². The first-order chi connectivity index (χ1) is 10.1. The van der Waals surface area contributed by atoms with Gasteiger partial charge in [0.2, 0.25) is 0 Å². The number of benzene rings is 2. The minimum Gasteiger partial charge on any atom is -0.496 e. The van der Waals surface area contributed by atoms with Crippen molar-refractivity contribution in [2.75, 3.05) is 13.7 Å². The highest BCUT2D eigenvalue weighted by atomic mass is 79.9. The van der Waals surface area contributed by atoms with E-state index in [0.717, 1.165) is 0 Å². The molecule has 1 unspecified atom stereocenters. The fourth-order valence-corrected chi connectivity index (χ4v) is 2.60. The Morgan fingerprint density at radius 2 is 2.00 bits per heavy atom. The maximum Gasteiger partial charge on any atom is 0.133 e. The van der Waals surface area contributed by atoms with Crippen LogP contribution in [-0.2, 0) is 0 Å². The summed E-state index contributed by atoms with van der Waals surface area (Å²) >= 11 is 3.38. The van der Waals surface area contributed by atoms with Crippen LogP contribution in [0.1, 0.15) is 24.2 Å². The van der Waals surface area contributed by atoms with E-state index in [9.17, 15) is 9.50 Å². The minimum atomic E-state index is -1.12. The SMILES string of the molecule is CCOc1ccc(C(O)c2c(F)cccc2OC)cc1Br. The summed E-state index contributed by atoms with van der Waals surface area (Å²) in [5, 5.41) is 10.4. The highest BCUT2D eigenvalue weighted by Crippen LogP contribution is 2.35. The average molecular weight is 355 g/mol. The highest BCUT2D eigenvalue weighted by Gasteiger charge is 2.20. The van der Waals surface area contributed by atoms with Gasteiger partial charge in [-0.15, -0.1) is 0 Å². The van der Waals surface area contributed by atoms with Crippen molar-refractivity contribution < 1.29 is 19.0 Å². The number of aliphatic hydroxyl groups is 1. The van der Waals surface area contributed by atoms with E-state index in [2.05, 4.69) is 15.9 Å². The molecule has 3 nitrogen and oxygen atoms in total. The van der Waals surface area contributed by atoms with Crippen molar-refractivity contribution in [2.45, 2.75) is 13.0 Å². The first-order valence-electron chi connectivity index (χ1n) is 6.51. The van der Waals surface area contributed by atoms with E-state index >= 15 is 0 Å². The van der Waals surface area contributed by atoms with Gasteiger partial charge in [-0.1, -0.05) is 12.1 Å².